The fourth-order valence-corrected chi connectivity index (χ4v) is 0. The van der Waals surface area contributed by atoms with E-state index in [0.29, 0.717) is 0 Å². The summed E-state index contributed by atoms with van der Waals surface area (Å²) in [5.41, 5.74) is 0. The van der Waals surface area contributed by atoms with Gasteiger partial charge in [0.1, 0.15) is 0 Å². The first kappa shape index (κ1) is 24.1. The first-order valence-electron chi connectivity index (χ1n) is 1.48. The second-order valence-electron chi connectivity index (χ2n) is 1.10. The molecule has 0 aliphatic heterocycles. The van der Waals surface area contributed by atoms with E-state index in [2.05, 4.69) is 0 Å². The van der Waals surface area contributed by atoms with E-state index in [1.165, 1.54) is 0 Å². The molecular weight excluding hydrogens is 297 g/mol. The molecule has 0 heterocycles. The third-order valence-corrected chi connectivity index (χ3v) is 0. The van der Waals surface area contributed by atoms with Crippen LogP contribution in [0.5, 0.6) is 0 Å². The zero-order valence-corrected chi connectivity index (χ0v) is 6.57. The summed E-state index contributed by atoms with van der Waals surface area (Å²) in [5.74, 6) is 0. The fourth-order valence-electron chi connectivity index (χ4n) is 0. The van der Waals surface area contributed by atoms with Crippen molar-refractivity contribution in [2.45, 2.75) is 0 Å². The molecule has 13 heavy (non-hydrogen) atoms. The van der Waals surface area contributed by atoms with Gasteiger partial charge in [0, 0.05) is 0 Å². The monoisotopic (exact) mass is 304 g/mol. The molecule has 0 aromatic carbocycles. The van der Waals surface area contributed by atoms with Crippen LogP contribution in [0.1, 0.15) is 0 Å². The summed E-state index contributed by atoms with van der Waals surface area (Å²) in [4.78, 5) is 0. The van der Waals surface area contributed by atoms with Crippen LogP contribution in [0, 0.1) is 0 Å². The van der Waals surface area contributed by atoms with Crippen LogP contribution in [0.3, 0.4) is 0 Å². The fraction of sp³-hybridized carbons (Fsp3) is 0. The molecule has 3 N–H and O–H groups in total. The molecule has 0 bridgehead atoms. The SMILES string of the molecule is O=S(=O)(O)O.[AlH3].[KH].[O]=[Mn](=[O])(=[O])(=[O])[OH]. The van der Waals surface area contributed by atoms with E-state index in [1.807, 2.05) is 0 Å². The molecule has 0 spiro atoms. The van der Waals surface area contributed by atoms with E-state index < -0.39 is 22.2 Å². The Bertz CT molecular complexity index is 422. The summed E-state index contributed by atoms with van der Waals surface area (Å²) in [6, 6.07) is 0. The van der Waals surface area contributed by atoms with E-state index in [4.69, 9.17) is 37.1 Å². The van der Waals surface area contributed by atoms with Crippen LogP contribution in [-0.2, 0) is 37.6 Å². The Labute approximate surface area is 126 Å². The Balaban J connectivity index is -0.0000000546. The number of rotatable bonds is 0. The van der Waals surface area contributed by atoms with Gasteiger partial charge in [0.05, 0.1) is 0 Å². The molecular formula is H7AlKMnO9S. The molecule has 0 saturated carbocycles. The molecule has 0 aromatic heterocycles. The summed E-state index contributed by atoms with van der Waals surface area (Å²) >= 11 is -7.26. The van der Waals surface area contributed by atoms with Crippen LogP contribution in [0.4, 0.5) is 0 Å². The van der Waals surface area contributed by atoms with Crippen molar-refractivity contribution >= 4 is 79.1 Å². The molecule has 0 fully saturated rings. The van der Waals surface area contributed by atoms with Crippen molar-refractivity contribution in [1.29, 1.82) is 0 Å². The molecule has 9 nitrogen and oxygen atoms in total. The van der Waals surface area contributed by atoms with Crippen LogP contribution >= 0.6 is 0 Å². The van der Waals surface area contributed by atoms with Crippen LogP contribution in [-0.4, -0.2) is 90.5 Å². The molecule has 0 unspecified atom stereocenters. The van der Waals surface area contributed by atoms with Gasteiger partial charge in [-0.1, -0.05) is 0 Å². The van der Waals surface area contributed by atoms with E-state index in [9.17, 15) is 0 Å². The van der Waals surface area contributed by atoms with Crippen molar-refractivity contribution in [2.24, 2.45) is 0 Å². The van der Waals surface area contributed by atoms with Gasteiger partial charge in [-0.15, -0.1) is 0 Å². The summed E-state index contributed by atoms with van der Waals surface area (Å²) in [5, 5.41) is 0. The van der Waals surface area contributed by atoms with E-state index in [0.717, 1.165) is 0 Å². The molecule has 0 aliphatic carbocycles. The summed E-state index contributed by atoms with van der Waals surface area (Å²) in [6.45, 7) is 0. The van der Waals surface area contributed by atoms with Gasteiger partial charge in [-0.3, -0.25) is 9.11 Å². The van der Waals surface area contributed by atoms with E-state index >= 15 is 0 Å². The maximum absolute atomic E-state index is 8.74. The van der Waals surface area contributed by atoms with Gasteiger partial charge in [-0.2, -0.15) is 8.42 Å². The minimum atomic E-state index is -7.26. The van der Waals surface area contributed by atoms with Crippen molar-refractivity contribution < 1.29 is 48.9 Å². The van der Waals surface area contributed by atoms with Crippen molar-refractivity contribution in [2.75, 3.05) is 0 Å². The zero-order valence-electron chi connectivity index (χ0n) is 4.58. The van der Waals surface area contributed by atoms with E-state index in [-0.39, 0.29) is 68.7 Å². The van der Waals surface area contributed by atoms with Crippen molar-refractivity contribution in [3.8, 4) is 0 Å². The van der Waals surface area contributed by atoms with Gasteiger partial charge in [0.25, 0.3) is 0 Å². The molecule has 0 amide bonds. The predicted molar refractivity (Wildman–Crippen MR) is 36.2 cm³/mol. The standard InChI is InChI=1S/Al.K.Mn.H2O4S.H2O.4O.4H/c;;;1-5(2,3)4;;;;;;;;;/h;;;(H2,1,2,3,4);1H2;;;;;;;;/q;;+1;;;;;;;;;;/p-1. The van der Waals surface area contributed by atoms with E-state index in [1.54, 1.807) is 0 Å². The molecule has 0 atom stereocenters. The molecule has 0 rings (SSSR count). The number of hydrogen-bond acceptors (Lipinski definition) is 6. The van der Waals surface area contributed by atoms with Crippen LogP contribution < -0.4 is 0 Å². The minimum absolute atomic E-state index is 0. The Morgan fingerprint density at radius 2 is 0.923 bits per heavy atom. The first-order chi connectivity index (χ1) is 4.24. The van der Waals surface area contributed by atoms with Crippen molar-refractivity contribution in [3.63, 3.8) is 0 Å². The average molecular weight is 304 g/mol. The Hall–Kier alpha value is 1.72. The molecule has 13 heteroatoms. The summed E-state index contributed by atoms with van der Waals surface area (Å²) in [7, 11) is -4.67. The first-order valence-corrected chi connectivity index (χ1v) is 5.34. The van der Waals surface area contributed by atoms with Gasteiger partial charge in [-0.25, -0.2) is 0 Å². The quantitative estimate of drug-likeness (QED) is 0.304. The molecule has 78 valence electrons. The van der Waals surface area contributed by atoms with Crippen LogP contribution in [0.25, 0.3) is 0 Å². The van der Waals surface area contributed by atoms with Crippen molar-refractivity contribution in [1.82, 2.24) is 0 Å². The predicted octanol–water partition coefficient (Wildman–Crippen LogP) is -3.52. The molecule has 0 saturated heterocycles. The zero-order chi connectivity index (χ0) is 9.95. The maximum atomic E-state index is 8.74. The van der Waals surface area contributed by atoms with Gasteiger partial charge in [0.15, 0.2) is 17.4 Å². The summed E-state index contributed by atoms with van der Waals surface area (Å²) in [6.07, 6.45) is 0. The Morgan fingerprint density at radius 1 is 0.923 bits per heavy atom. The third kappa shape index (κ3) is 638. The van der Waals surface area contributed by atoms with Crippen LogP contribution in [0.15, 0.2) is 0 Å². The van der Waals surface area contributed by atoms with Crippen molar-refractivity contribution in [3.05, 3.63) is 0 Å². The normalized spacial score (nSPS) is 11.1. The molecule has 0 radical (unpaired) electrons. The number of hydrogen-bond donors (Lipinski definition) is 3. The van der Waals surface area contributed by atoms with Gasteiger partial charge >= 0.3 is 93.2 Å². The van der Waals surface area contributed by atoms with Gasteiger partial charge < -0.3 is 0 Å². The second kappa shape index (κ2) is 7.07. The third-order valence-electron chi connectivity index (χ3n) is 0. The molecule has 0 aromatic rings. The molecule has 0 aliphatic rings. The second-order valence-corrected chi connectivity index (χ2v) is 4.04. The Morgan fingerprint density at radius 3 is 0.923 bits per heavy atom. The Kier molecular flexibility index (Phi) is 13.1. The van der Waals surface area contributed by atoms with Gasteiger partial charge in [0.2, 0.25) is 0 Å². The summed E-state index contributed by atoms with van der Waals surface area (Å²) < 4.78 is 73.4. The topological polar surface area (TPSA) is 163 Å². The van der Waals surface area contributed by atoms with Gasteiger partial charge in [-0.05, 0) is 0 Å². The van der Waals surface area contributed by atoms with Crippen LogP contribution in [0.2, 0.25) is 0 Å². The average Bonchev–Trinajstić information content (AvgIpc) is 1.07.